The predicted molar refractivity (Wildman–Crippen MR) is 89.2 cm³/mol. The quantitative estimate of drug-likeness (QED) is 0.546. The van der Waals surface area contributed by atoms with Crippen molar-refractivity contribution in [1.82, 2.24) is 14.6 Å². The van der Waals surface area contributed by atoms with Crippen molar-refractivity contribution in [3.63, 3.8) is 0 Å². The summed E-state index contributed by atoms with van der Waals surface area (Å²) in [6, 6.07) is 5.96. The first-order chi connectivity index (χ1) is 12.0. The maximum absolute atomic E-state index is 14.1. The smallest absolute Gasteiger partial charge is 0.273 e. The number of rotatable bonds is 2. The molecular formula is C17H10F3N3OS. The van der Waals surface area contributed by atoms with Gasteiger partial charge in [0.2, 0.25) is 0 Å². The summed E-state index contributed by atoms with van der Waals surface area (Å²) in [6.07, 6.45) is 0. The van der Waals surface area contributed by atoms with Gasteiger partial charge in [-0.15, -0.1) is 11.3 Å². The average molecular weight is 361 g/mol. The molecule has 25 heavy (non-hydrogen) atoms. The van der Waals surface area contributed by atoms with Gasteiger partial charge in [-0.1, -0.05) is 6.07 Å². The van der Waals surface area contributed by atoms with E-state index >= 15 is 0 Å². The molecule has 0 saturated carbocycles. The molecule has 3 heterocycles. The maximum atomic E-state index is 14.1. The van der Waals surface area contributed by atoms with Gasteiger partial charge in [-0.2, -0.15) is 0 Å². The number of hydrogen-bond acceptors (Lipinski definition) is 3. The van der Waals surface area contributed by atoms with Gasteiger partial charge in [0.05, 0.1) is 11.3 Å². The lowest BCUT2D eigenvalue weighted by Crippen LogP contribution is -2.14. The first kappa shape index (κ1) is 15.6. The second-order valence-electron chi connectivity index (χ2n) is 5.47. The summed E-state index contributed by atoms with van der Waals surface area (Å²) >= 11 is 1.47. The second kappa shape index (κ2) is 5.59. The third kappa shape index (κ3) is 2.45. The number of benzene rings is 1. The van der Waals surface area contributed by atoms with Crippen LogP contribution in [0.1, 0.15) is 5.69 Å². The van der Waals surface area contributed by atoms with Crippen LogP contribution in [-0.4, -0.2) is 14.6 Å². The fraction of sp³-hybridized carbons (Fsp3) is 0.0588. The summed E-state index contributed by atoms with van der Waals surface area (Å²) in [5, 5.41) is 4.80. The maximum Gasteiger partial charge on any atom is 0.273 e. The van der Waals surface area contributed by atoms with Gasteiger partial charge in [-0.05, 0) is 24.4 Å². The van der Waals surface area contributed by atoms with Crippen LogP contribution in [0.5, 0.6) is 0 Å². The van der Waals surface area contributed by atoms with Crippen LogP contribution >= 0.6 is 11.3 Å². The molecule has 1 aromatic carbocycles. The van der Waals surface area contributed by atoms with Crippen LogP contribution in [0.4, 0.5) is 13.2 Å². The topological polar surface area (TPSA) is 50.2 Å². The molecule has 8 heteroatoms. The SMILES string of the molecule is Cc1[nH]n2c(=O)cc(-c3cc(F)c(F)cc3F)nc2c1-c1cccs1. The summed E-state index contributed by atoms with van der Waals surface area (Å²) in [5.74, 6) is -3.49. The fourth-order valence-electron chi connectivity index (χ4n) is 2.72. The molecule has 4 nitrogen and oxygen atoms in total. The highest BCUT2D eigenvalue weighted by Crippen LogP contribution is 2.31. The summed E-state index contributed by atoms with van der Waals surface area (Å²) in [5.41, 5.74) is 0.918. The van der Waals surface area contributed by atoms with Crippen LogP contribution in [0, 0.1) is 24.4 Å². The van der Waals surface area contributed by atoms with Gasteiger partial charge >= 0.3 is 0 Å². The van der Waals surface area contributed by atoms with E-state index in [4.69, 9.17) is 0 Å². The van der Waals surface area contributed by atoms with Gasteiger partial charge in [0.15, 0.2) is 17.3 Å². The molecule has 0 unspecified atom stereocenters. The lowest BCUT2D eigenvalue weighted by atomic mass is 10.1. The van der Waals surface area contributed by atoms with E-state index in [1.165, 1.54) is 15.9 Å². The first-order valence-corrected chi connectivity index (χ1v) is 8.15. The summed E-state index contributed by atoms with van der Waals surface area (Å²) in [7, 11) is 0. The molecule has 4 aromatic rings. The Morgan fingerprint density at radius 3 is 2.60 bits per heavy atom. The molecule has 0 fully saturated rings. The van der Waals surface area contributed by atoms with Crippen molar-refractivity contribution < 1.29 is 13.2 Å². The van der Waals surface area contributed by atoms with Gasteiger partial charge in [-0.25, -0.2) is 22.7 Å². The molecule has 0 bridgehead atoms. The van der Waals surface area contributed by atoms with E-state index < -0.39 is 23.0 Å². The summed E-state index contributed by atoms with van der Waals surface area (Å²) < 4.78 is 42.0. The third-order valence-corrected chi connectivity index (χ3v) is 4.74. The number of thiophene rings is 1. The van der Waals surface area contributed by atoms with E-state index in [-0.39, 0.29) is 11.3 Å². The molecule has 0 atom stereocenters. The Kier molecular flexibility index (Phi) is 3.50. The zero-order valence-electron chi connectivity index (χ0n) is 12.8. The first-order valence-electron chi connectivity index (χ1n) is 7.27. The Hall–Kier alpha value is -2.87. The number of aromatic amines is 1. The average Bonchev–Trinajstić information content (AvgIpc) is 3.18. The van der Waals surface area contributed by atoms with Crippen LogP contribution < -0.4 is 5.56 Å². The number of H-pyrrole nitrogens is 1. The highest BCUT2D eigenvalue weighted by Gasteiger charge is 2.18. The van der Waals surface area contributed by atoms with Crippen molar-refractivity contribution in [3.8, 4) is 21.7 Å². The van der Waals surface area contributed by atoms with Crippen molar-refractivity contribution in [3.05, 3.63) is 69.2 Å². The van der Waals surface area contributed by atoms with E-state index in [0.29, 0.717) is 23.3 Å². The van der Waals surface area contributed by atoms with Crippen molar-refractivity contribution >= 4 is 17.0 Å². The van der Waals surface area contributed by atoms with Crippen LogP contribution in [0.15, 0.2) is 40.5 Å². The molecular weight excluding hydrogens is 351 g/mol. The van der Waals surface area contributed by atoms with E-state index in [9.17, 15) is 18.0 Å². The van der Waals surface area contributed by atoms with Crippen molar-refractivity contribution in [2.45, 2.75) is 6.92 Å². The number of hydrogen-bond donors (Lipinski definition) is 1. The molecule has 3 aromatic heterocycles. The minimum atomic E-state index is -1.30. The lowest BCUT2D eigenvalue weighted by Gasteiger charge is -2.05. The Labute approximate surface area is 143 Å². The number of halogens is 3. The second-order valence-corrected chi connectivity index (χ2v) is 6.42. The number of aromatic nitrogens is 3. The van der Waals surface area contributed by atoms with Crippen molar-refractivity contribution in [2.24, 2.45) is 0 Å². The van der Waals surface area contributed by atoms with E-state index in [0.717, 1.165) is 16.6 Å². The molecule has 0 aliphatic rings. The standard InChI is InChI=1S/C17H10F3N3OS/c1-8-16(14-3-2-4-25-14)17-21-13(7-15(24)23(17)22-8)9-5-11(19)12(20)6-10(9)18/h2-7,22H,1H3. The normalized spacial score (nSPS) is 11.4. The third-order valence-electron chi connectivity index (χ3n) is 3.85. The van der Waals surface area contributed by atoms with Gasteiger partial charge in [0.25, 0.3) is 5.56 Å². The van der Waals surface area contributed by atoms with Crippen molar-refractivity contribution in [2.75, 3.05) is 0 Å². The van der Waals surface area contributed by atoms with Crippen LogP contribution in [-0.2, 0) is 0 Å². The van der Waals surface area contributed by atoms with Crippen LogP contribution in [0.2, 0.25) is 0 Å². The largest absolute Gasteiger partial charge is 0.293 e. The fourth-order valence-corrected chi connectivity index (χ4v) is 3.55. The van der Waals surface area contributed by atoms with Gasteiger partial charge in [-0.3, -0.25) is 9.89 Å². The molecule has 4 rings (SSSR count). The zero-order valence-corrected chi connectivity index (χ0v) is 13.6. The van der Waals surface area contributed by atoms with E-state index in [1.54, 1.807) is 6.92 Å². The lowest BCUT2D eigenvalue weighted by molar-refractivity contribution is 0.496. The number of nitrogens with zero attached hydrogens (tertiary/aromatic N) is 2. The molecule has 0 aliphatic heterocycles. The van der Waals surface area contributed by atoms with Gasteiger partial charge in [0.1, 0.15) is 5.82 Å². The van der Waals surface area contributed by atoms with E-state index in [1.807, 2.05) is 17.5 Å². The number of fused-ring (bicyclic) bond motifs is 1. The molecule has 0 saturated heterocycles. The van der Waals surface area contributed by atoms with Crippen LogP contribution in [0.25, 0.3) is 27.3 Å². The predicted octanol–water partition coefficient (Wildman–Crippen LogP) is 4.14. The summed E-state index contributed by atoms with van der Waals surface area (Å²) in [6.45, 7) is 1.79. The Bertz CT molecular complexity index is 1160. The Balaban J connectivity index is 2.04. The van der Waals surface area contributed by atoms with Gasteiger partial charge in [0, 0.05) is 28.3 Å². The highest BCUT2D eigenvalue weighted by molar-refractivity contribution is 7.13. The molecule has 1 N–H and O–H groups in total. The summed E-state index contributed by atoms with van der Waals surface area (Å²) in [4.78, 5) is 17.6. The highest BCUT2D eigenvalue weighted by atomic mass is 32.1. The Morgan fingerprint density at radius 1 is 1.12 bits per heavy atom. The molecule has 0 radical (unpaired) electrons. The number of nitrogens with one attached hydrogen (secondary N) is 1. The molecule has 0 amide bonds. The zero-order chi connectivity index (χ0) is 17.7. The number of aryl methyl sites for hydroxylation is 1. The monoisotopic (exact) mass is 361 g/mol. The molecule has 0 spiro atoms. The minimum Gasteiger partial charge on any atom is -0.293 e. The van der Waals surface area contributed by atoms with E-state index in [2.05, 4.69) is 10.1 Å². The minimum absolute atomic E-state index is 0.0572. The molecule has 0 aliphatic carbocycles. The van der Waals surface area contributed by atoms with Gasteiger partial charge < -0.3 is 0 Å². The van der Waals surface area contributed by atoms with Crippen molar-refractivity contribution in [1.29, 1.82) is 0 Å². The Morgan fingerprint density at radius 2 is 1.88 bits per heavy atom. The van der Waals surface area contributed by atoms with Crippen LogP contribution in [0.3, 0.4) is 0 Å². The molecule has 126 valence electrons.